The molecule has 1 aliphatic carbocycles. The van der Waals surface area contributed by atoms with Crippen molar-refractivity contribution in [2.45, 2.75) is 12.0 Å². The van der Waals surface area contributed by atoms with Crippen LogP contribution in [-0.4, -0.2) is 48.5 Å². The van der Waals surface area contributed by atoms with Crippen molar-refractivity contribution in [2.24, 2.45) is 0 Å². The molecule has 1 unspecified atom stereocenters. The summed E-state index contributed by atoms with van der Waals surface area (Å²) in [5, 5.41) is 22.5. The minimum Gasteiger partial charge on any atom is -0.491 e. The van der Waals surface area contributed by atoms with Crippen LogP contribution in [0.15, 0.2) is 57.5 Å². The van der Waals surface area contributed by atoms with Crippen LogP contribution in [0.5, 0.6) is 5.75 Å². The van der Waals surface area contributed by atoms with Gasteiger partial charge in [0.25, 0.3) is 0 Å². The summed E-state index contributed by atoms with van der Waals surface area (Å²) < 4.78 is 13.8. The van der Waals surface area contributed by atoms with Gasteiger partial charge in [0.05, 0.1) is 19.8 Å². The lowest BCUT2D eigenvalue weighted by atomic mass is 9.79. The lowest BCUT2D eigenvalue weighted by Gasteiger charge is -2.34. The fourth-order valence-electron chi connectivity index (χ4n) is 4.18. The average Bonchev–Trinajstić information content (AvgIpc) is 2.80. The van der Waals surface area contributed by atoms with Gasteiger partial charge in [0, 0.05) is 26.5 Å². The number of aldehydes is 1. The summed E-state index contributed by atoms with van der Waals surface area (Å²) in [5.74, 6) is 0.554. The van der Waals surface area contributed by atoms with Gasteiger partial charge in [0.2, 0.25) is 0 Å². The Morgan fingerprint density at radius 2 is 1.72 bits per heavy atom. The molecule has 0 spiro atoms. The number of hydrogen-bond acceptors (Lipinski definition) is 5. The number of aliphatic hydroxyl groups excluding tert-OH is 2. The van der Waals surface area contributed by atoms with Crippen LogP contribution >= 0.6 is 31.9 Å². The van der Waals surface area contributed by atoms with Crippen LogP contribution in [0.1, 0.15) is 12.0 Å². The van der Waals surface area contributed by atoms with E-state index in [2.05, 4.69) is 31.9 Å². The fraction of sp³-hybridized carbons (Fsp3) is 0.240. The molecule has 32 heavy (non-hydrogen) atoms. The third-order valence-corrected chi connectivity index (χ3v) is 6.50. The molecule has 4 rings (SSSR count). The number of carbonyl (C=O) groups excluding carboxylic acids is 1. The Balaban J connectivity index is 2.15. The lowest BCUT2D eigenvalue weighted by Crippen LogP contribution is -2.47. The first-order valence-corrected chi connectivity index (χ1v) is 11.8. The summed E-state index contributed by atoms with van der Waals surface area (Å²) in [6.45, 7) is -0.199. The highest BCUT2D eigenvalue weighted by Gasteiger charge is 2.39. The van der Waals surface area contributed by atoms with Crippen LogP contribution in [0.2, 0.25) is 0 Å². The minimum absolute atomic E-state index is 0.0189. The number of aliphatic hydroxyl groups is 2. The van der Waals surface area contributed by atoms with Gasteiger partial charge in [-0.1, -0.05) is 56.1 Å². The highest BCUT2D eigenvalue weighted by molar-refractivity contribution is 9.10. The van der Waals surface area contributed by atoms with E-state index in [1.165, 1.54) is 0 Å². The van der Waals surface area contributed by atoms with Crippen molar-refractivity contribution in [1.29, 1.82) is 0 Å². The van der Waals surface area contributed by atoms with Crippen molar-refractivity contribution in [3.05, 3.63) is 73.5 Å². The zero-order valence-corrected chi connectivity index (χ0v) is 20.4. The topological polar surface area (TPSA) is 76.0 Å². The van der Waals surface area contributed by atoms with Gasteiger partial charge in [0.1, 0.15) is 12.4 Å². The molecular formula is C25H22Br2O5. The average molecular weight is 562 g/mol. The normalized spacial score (nSPS) is 17.7. The number of rotatable bonds is 8. The highest BCUT2D eigenvalue weighted by Crippen LogP contribution is 2.41. The molecule has 1 atom stereocenters. The Morgan fingerprint density at radius 3 is 2.47 bits per heavy atom. The van der Waals surface area contributed by atoms with E-state index in [4.69, 9.17) is 9.47 Å². The van der Waals surface area contributed by atoms with E-state index in [0.29, 0.717) is 17.7 Å². The maximum absolute atomic E-state index is 12.6. The molecule has 166 valence electrons. The van der Waals surface area contributed by atoms with Gasteiger partial charge < -0.3 is 19.7 Å². The van der Waals surface area contributed by atoms with E-state index in [0.717, 1.165) is 42.0 Å². The van der Waals surface area contributed by atoms with E-state index < -0.39 is 5.60 Å². The Bertz CT molecular complexity index is 1290. The molecule has 0 radical (unpaired) electrons. The Labute approximate surface area is 202 Å². The van der Waals surface area contributed by atoms with E-state index >= 15 is 0 Å². The van der Waals surface area contributed by atoms with Crippen molar-refractivity contribution in [3.8, 4) is 5.75 Å². The smallest absolute Gasteiger partial charge is 0.156 e. The fourth-order valence-corrected chi connectivity index (χ4v) is 4.94. The van der Waals surface area contributed by atoms with E-state index in [-0.39, 0.29) is 26.4 Å². The first kappa shape index (κ1) is 23.1. The number of carbonyl (C=O) groups is 1. The monoisotopic (exact) mass is 560 g/mol. The van der Waals surface area contributed by atoms with Gasteiger partial charge in [-0.05, 0) is 51.5 Å². The van der Waals surface area contributed by atoms with Crippen LogP contribution in [0.4, 0.5) is 0 Å². The second kappa shape index (κ2) is 9.85. The molecule has 0 saturated heterocycles. The minimum atomic E-state index is -1.29. The molecule has 1 aliphatic rings. The number of benzene rings is 3. The third-order valence-electron chi connectivity index (χ3n) is 5.52. The number of halogens is 2. The van der Waals surface area contributed by atoms with E-state index in [1.54, 1.807) is 0 Å². The highest BCUT2D eigenvalue weighted by atomic mass is 79.9. The number of hydrogen-bond donors (Lipinski definition) is 2. The Kier molecular flexibility index (Phi) is 7.12. The maximum Gasteiger partial charge on any atom is 0.156 e. The first-order chi connectivity index (χ1) is 15.5. The second-order valence-electron chi connectivity index (χ2n) is 7.47. The zero-order valence-electron chi connectivity index (χ0n) is 17.2. The molecule has 0 saturated carbocycles. The molecule has 2 N–H and O–H groups in total. The van der Waals surface area contributed by atoms with Crippen LogP contribution in [0.3, 0.4) is 0 Å². The molecule has 3 aromatic carbocycles. The molecule has 3 aromatic rings. The van der Waals surface area contributed by atoms with Crippen LogP contribution in [0, 0.1) is 0 Å². The predicted octanol–water partition coefficient (Wildman–Crippen LogP) is 3.07. The van der Waals surface area contributed by atoms with Gasteiger partial charge in [-0.3, -0.25) is 4.79 Å². The predicted molar refractivity (Wildman–Crippen MR) is 131 cm³/mol. The maximum atomic E-state index is 12.6. The Hall–Kier alpha value is -2.03. The molecule has 0 fully saturated rings. The molecule has 0 bridgehead atoms. The van der Waals surface area contributed by atoms with Gasteiger partial charge >= 0.3 is 0 Å². The van der Waals surface area contributed by atoms with Crippen molar-refractivity contribution in [3.63, 3.8) is 0 Å². The summed E-state index contributed by atoms with van der Waals surface area (Å²) in [6.07, 6.45) is 3.11. The Morgan fingerprint density at radius 1 is 0.969 bits per heavy atom. The lowest BCUT2D eigenvalue weighted by molar-refractivity contribution is -0.124. The quantitative estimate of drug-likeness (QED) is 0.413. The van der Waals surface area contributed by atoms with Gasteiger partial charge in [0.15, 0.2) is 11.9 Å². The SMILES string of the molecule is O=CC1(OCCO)CC=c2cc(Br)ccc2=C1c1c(OCCO)ccc2cc(Br)ccc12. The molecule has 0 aliphatic heterocycles. The van der Waals surface area contributed by atoms with Crippen molar-refractivity contribution in [1.82, 2.24) is 0 Å². The summed E-state index contributed by atoms with van der Waals surface area (Å²) in [4.78, 5) is 12.6. The van der Waals surface area contributed by atoms with Crippen LogP contribution < -0.4 is 15.2 Å². The van der Waals surface area contributed by atoms with Gasteiger partial charge in [-0.15, -0.1) is 0 Å². The van der Waals surface area contributed by atoms with Crippen LogP contribution in [-0.2, 0) is 9.53 Å². The summed E-state index contributed by atoms with van der Waals surface area (Å²) in [5.41, 5.74) is 0.138. The standard InChI is InChI=1S/C25H22Br2O5/c26-18-2-4-20-16(13-18)1-6-22(31-11-9-28)23(20)24-21-5-3-19(27)14-17(21)7-8-25(24,15-30)32-12-10-29/h1-7,13-15,28-29H,8-12H2. The summed E-state index contributed by atoms with van der Waals surface area (Å²) in [7, 11) is 0. The van der Waals surface area contributed by atoms with Gasteiger partial charge in [-0.25, -0.2) is 0 Å². The third kappa shape index (κ3) is 4.28. The largest absolute Gasteiger partial charge is 0.491 e. The second-order valence-corrected chi connectivity index (χ2v) is 9.30. The van der Waals surface area contributed by atoms with Crippen LogP contribution in [0.25, 0.3) is 22.4 Å². The van der Waals surface area contributed by atoms with Gasteiger partial charge in [-0.2, -0.15) is 0 Å². The summed E-state index contributed by atoms with van der Waals surface area (Å²) >= 11 is 7.06. The van der Waals surface area contributed by atoms with Crippen molar-refractivity contribution < 1.29 is 24.5 Å². The molecule has 0 heterocycles. The van der Waals surface area contributed by atoms with Crippen molar-refractivity contribution in [2.75, 3.05) is 26.4 Å². The number of ether oxygens (including phenoxy) is 2. The van der Waals surface area contributed by atoms with E-state index in [9.17, 15) is 15.0 Å². The van der Waals surface area contributed by atoms with E-state index in [1.807, 2.05) is 54.6 Å². The molecular weight excluding hydrogens is 540 g/mol. The number of fused-ring (bicyclic) bond motifs is 2. The molecule has 5 nitrogen and oxygen atoms in total. The first-order valence-electron chi connectivity index (χ1n) is 10.2. The molecule has 7 heteroatoms. The molecule has 0 aromatic heterocycles. The molecule has 0 amide bonds. The summed E-state index contributed by atoms with van der Waals surface area (Å²) in [6, 6.07) is 15.6. The zero-order chi connectivity index (χ0) is 22.7. The van der Waals surface area contributed by atoms with Crippen molar-refractivity contribution >= 4 is 60.6 Å².